The quantitative estimate of drug-likeness (QED) is 0.224. The van der Waals surface area contributed by atoms with Gasteiger partial charge in [0.05, 0.1) is 33.9 Å². The average molecular weight is 520 g/mol. The summed E-state index contributed by atoms with van der Waals surface area (Å²) < 4.78 is 14.8. The van der Waals surface area contributed by atoms with E-state index in [9.17, 15) is 5.26 Å². The van der Waals surface area contributed by atoms with Gasteiger partial charge in [0.25, 0.3) is 0 Å². The minimum absolute atomic E-state index is 0.379. The molecule has 4 nitrogen and oxygen atoms in total. The van der Waals surface area contributed by atoms with Crippen molar-refractivity contribution in [3.63, 3.8) is 0 Å². The monoisotopic (exact) mass is 520 g/mol. The van der Waals surface area contributed by atoms with E-state index in [1.54, 1.807) is 0 Å². The Morgan fingerprint density at radius 3 is 1.90 bits per heavy atom. The van der Waals surface area contributed by atoms with Gasteiger partial charge in [0.2, 0.25) is 0 Å². The molecule has 2 heterocycles. The number of aromatic nitrogens is 1. The number of hydrogen-bond acceptors (Lipinski definition) is 3. The second-order valence-electron chi connectivity index (χ2n) is 11.7. The van der Waals surface area contributed by atoms with E-state index >= 15 is 0 Å². The molecule has 0 amide bonds. The van der Waals surface area contributed by atoms with Crippen molar-refractivity contribution in [2.45, 2.75) is 38.9 Å². The van der Waals surface area contributed by atoms with Gasteiger partial charge in [-0.2, -0.15) is 5.26 Å². The fourth-order valence-electron chi connectivity index (χ4n) is 5.74. The lowest BCUT2D eigenvalue weighted by Gasteiger charge is -2.32. The highest BCUT2D eigenvalue weighted by Gasteiger charge is 2.51. The summed E-state index contributed by atoms with van der Waals surface area (Å²) >= 11 is 0. The molecule has 6 aromatic rings. The van der Waals surface area contributed by atoms with Crippen LogP contribution in [0, 0.1) is 11.3 Å². The SMILES string of the molecule is CC1(C)OB(c2ccc3cc(-c4cc(C#N)cc(-n5c6ccccc6c6ccccc65)c4)ccc3c2)OC1(C)C. The lowest BCUT2D eigenvalue weighted by molar-refractivity contribution is 0.00578. The Balaban J connectivity index is 1.32. The standard InChI is InChI=1S/C35H29BN2O2/c1-34(2)35(3,4)40-36(39-34)28-16-15-24-19-25(13-14-26(24)20-28)27-17-23(22-37)18-29(21-27)38-32-11-7-5-9-30(32)31-10-6-8-12-33(31)38/h5-21H,1-4H3. The molecule has 5 aromatic carbocycles. The van der Waals surface area contributed by atoms with E-state index in [2.05, 4.69) is 129 Å². The van der Waals surface area contributed by atoms with Gasteiger partial charge in [-0.05, 0) is 91.5 Å². The van der Waals surface area contributed by atoms with E-state index in [4.69, 9.17) is 9.31 Å². The number of hydrogen-bond donors (Lipinski definition) is 0. The van der Waals surface area contributed by atoms with Gasteiger partial charge in [0.1, 0.15) is 0 Å². The summed E-state index contributed by atoms with van der Waals surface area (Å²) in [4.78, 5) is 0. The van der Waals surface area contributed by atoms with Crippen LogP contribution in [0.2, 0.25) is 0 Å². The fourth-order valence-corrected chi connectivity index (χ4v) is 5.74. The van der Waals surface area contributed by atoms with Crippen molar-refractivity contribution in [2.24, 2.45) is 0 Å². The first-order valence-electron chi connectivity index (χ1n) is 13.7. The summed E-state index contributed by atoms with van der Waals surface area (Å²) in [6.07, 6.45) is 0. The maximum atomic E-state index is 9.95. The molecule has 0 aliphatic carbocycles. The molecule has 0 atom stereocenters. The highest BCUT2D eigenvalue weighted by molar-refractivity contribution is 6.62. The van der Waals surface area contributed by atoms with Gasteiger partial charge < -0.3 is 13.9 Å². The molecule has 7 rings (SSSR count). The fraction of sp³-hybridized carbons (Fsp3) is 0.171. The van der Waals surface area contributed by atoms with Crippen molar-refractivity contribution in [3.05, 3.63) is 109 Å². The minimum atomic E-state index is -0.393. The number of para-hydroxylation sites is 2. The molecule has 1 fully saturated rings. The van der Waals surface area contributed by atoms with Crippen molar-refractivity contribution in [1.29, 1.82) is 5.26 Å². The number of nitrogens with zero attached hydrogens (tertiary/aromatic N) is 2. The summed E-state index contributed by atoms with van der Waals surface area (Å²) in [6.45, 7) is 8.29. The third-order valence-corrected chi connectivity index (χ3v) is 8.61. The number of benzene rings is 5. The predicted octanol–water partition coefficient (Wildman–Crippen LogP) is 7.77. The van der Waals surface area contributed by atoms with Crippen LogP contribution in [0.15, 0.2) is 103 Å². The molecular formula is C35H29BN2O2. The second-order valence-corrected chi connectivity index (χ2v) is 11.7. The zero-order valence-electron chi connectivity index (χ0n) is 23.1. The van der Waals surface area contributed by atoms with E-state index in [1.165, 1.54) is 10.8 Å². The van der Waals surface area contributed by atoms with Gasteiger partial charge in [-0.15, -0.1) is 0 Å². The van der Waals surface area contributed by atoms with Crippen molar-refractivity contribution >= 4 is 45.2 Å². The Morgan fingerprint density at radius 1 is 0.650 bits per heavy atom. The van der Waals surface area contributed by atoms with Crippen molar-refractivity contribution in [2.75, 3.05) is 0 Å². The molecule has 0 N–H and O–H groups in total. The Morgan fingerprint density at radius 2 is 1.25 bits per heavy atom. The van der Waals surface area contributed by atoms with Crippen LogP contribution in [0.1, 0.15) is 33.3 Å². The first-order valence-corrected chi connectivity index (χ1v) is 13.7. The predicted molar refractivity (Wildman–Crippen MR) is 164 cm³/mol. The first-order chi connectivity index (χ1) is 19.2. The smallest absolute Gasteiger partial charge is 0.399 e. The average Bonchev–Trinajstić information content (AvgIpc) is 3.41. The van der Waals surface area contributed by atoms with Gasteiger partial charge in [-0.3, -0.25) is 0 Å². The molecule has 1 saturated heterocycles. The molecule has 0 saturated carbocycles. The third-order valence-electron chi connectivity index (χ3n) is 8.61. The van der Waals surface area contributed by atoms with Gasteiger partial charge in [0, 0.05) is 16.5 Å². The largest absolute Gasteiger partial charge is 0.494 e. The normalized spacial score (nSPS) is 16.1. The Bertz CT molecular complexity index is 1930. The molecule has 0 bridgehead atoms. The van der Waals surface area contributed by atoms with Gasteiger partial charge in [0.15, 0.2) is 0 Å². The molecule has 1 aliphatic rings. The van der Waals surface area contributed by atoms with Gasteiger partial charge in [-0.1, -0.05) is 66.7 Å². The number of rotatable bonds is 3. The molecule has 1 aromatic heterocycles. The maximum Gasteiger partial charge on any atom is 0.494 e. The van der Waals surface area contributed by atoms with Gasteiger partial charge in [-0.25, -0.2) is 0 Å². The molecule has 1 aliphatic heterocycles. The Labute approximate surface area is 234 Å². The molecule has 0 radical (unpaired) electrons. The highest BCUT2D eigenvalue weighted by atomic mass is 16.7. The summed E-state index contributed by atoms with van der Waals surface area (Å²) in [5.74, 6) is 0. The molecule has 5 heteroatoms. The van der Waals surface area contributed by atoms with Crippen LogP contribution in [-0.2, 0) is 9.31 Å². The second kappa shape index (κ2) is 8.82. The van der Waals surface area contributed by atoms with Crippen molar-refractivity contribution < 1.29 is 9.31 Å². The number of nitriles is 1. The van der Waals surface area contributed by atoms with Crippen LogP contribution in [0.5, 0.6) is 0 Å². The van der Waals surface area contributed by atoms with E-state index in [0.717, 1.165) is 44.1 Å². The first kappa shape index (κ1) is 24.7. The van der Waals surface area contributed by atoms with Gasteiger partial charge >= 0.3 is 7.12 Å². The van der Waals surface area contributed by atoms with Crippen LogP contribution in [0.25, 0.3) is 49.4 Å². The van der Waals surface area contributed by atoms with E-state index in [0.29, 0.717) is 5.56 Å². The third kappa shape index (κ3) is 3.84. The van der Waals surface area contributed by atoms with Crippen LogP contribution in [0.3, 0.4) is 0 Å². The lowest BCUT2D eigenvalue weighted by Crippen LogP contribution is -2.41. The minimum Gasteiger partial charge on any atom is -0.399 e. The van der Waals surface area contributed by atoms with Crippen LogP contribution in [-0.4, -0.2) is 22.9 Å². The molecule has 194 valence electrons. The zero-order valence-corrected chi connectivity index (χ0v) is 23.1. The van der Waals surface area contributed by atoms with Crippen LogP contribution >= 0.6 is 0 Å². The van der Waals surface area contributed by atoms with E-state index in [1.807, 2.05) is 12.1 Å². The maximum absolute atomic E-state index is 9.95. The molecule has 40 heavy (non-hydrogen) atoms. The summed E-state index contributed by atoms with van der Waals surface area (Å²) in [5.41, 5.74) is 6.18. The summed E-state index contributed by atoms with van der Waals surface area (Å²) in [5, 5.41) is 14.6. The summed E-state index contributed by atoms with van der Waals surface area (Å²) in [6, 6.07) is 38.2. The van der Waals surface area contributed by atoms with E-state index < -0.39 is 7.12 Å². The topological polar surface area (TPSA) is 47.2 Å². The summed E-state index contributed by atoms with van der Waals surface area (Å²) in [7, 11) is -0.393. The van der Waals surface area contributed by atoms with Crippen LogP contribution in [0.4, 0.5) is 0 Å². The lowest BCUT2D eigenvalue weighted by atomic mass is 9.78. The highest BCUT2D eigenvalue weighted by Crippen LogP contribution is 2.37. The molecule has 0 unspecified atom stereocenters. The number of fused-ring (bicyclic) bond motifs is 4. The Kier molecular flexibility index (Phi) is 5.44. The van der Waals surface area contributed by atoms with Crippen molar-refractivity contribution in [1.82, 2.24) is 4.57 Å². The Hall–Kier alpha value is -4.37. The zero-order chi connectivity index (χ0) is 27.6. The molecule has 0 spiro atoms. The molecular weight excluding hydrogens is 491 g/mol. The van der Waals surface area contributed by atoms with E-state index in [-0.39, 0.29) is 11.2 Å². The van der Waals surface area contributed by atoms with Crippen molar-refractivity contribution in [3.8, 4) is 22.9 Å². The van der Waals surface area contributed by atoms with Crippen LogP contribution < -0.4 is 5.46 Å².